The van der Waals surface area contributed by atoms with Gasteiger partial charge in [-0.1, -0.05) is 18.2 Å². The van der Waals surface area contributed by atoms with Crippen molar-refractivity contribution in [1.82, 2.24) is 5.32 Å². The molecule has 2 N–H and O–H groups in total. The number of para-hydroxylation sites is 1. The minimum absolute atomic E-state index is 0.817. The van der Waals surface area contributed by atoms with E-state index in [1.807, 2.05) is 48.7 Å². The van der Waals surface area contributed by atoms with E-state index in [4.69, 9.17) is 0 Å². The number of nitrogens with one attached hydrogen (secondary N) is 2. The van der Waals surface area contributed by atoms with Gasteiger partial charge in [0.05, 0.1) is 6.34 Å². The standard InChI is InChI=1S/C11H11N3/c1-2-5-10(6-3-1)14-11-7-4-8-12-9-13-11/h1-9,14H,(H,12,13). The van der Waals surface area contributed by atoms with Gasteiger partial charge in [-0.25, -0.2) is 4.99 Å². The number of allylic oxidation sites excluding steroid dienone is 2. The van der Waals surface area contributed by atoms with Crippen LogP contribution in [0.4, 0.5) is 5.69 Å². The predicted molar refractivity (Wildman–Crippen MR) is 58.9 cm³/mol. The van der Waals surface area contributed by atoms with Crippen LogP contribution in [0.1, 0.15) is 0 Å². The first kappa shape index (κ1) is 8.56. The highest BCUT2D eigenvalue weighted by Crippen LogP contribution is 2.09. The maximum absolute atomic E-state index is 4.17. The van der Waals surface area contributed by atoms with E-state index in [0.29, 0.717) is 0 Å². The Kier molecular flexibility index (Phi) is 2.62. The zero-order valence-electron chi connectivity index (χ0n) is 7.64. The Labute approximate surface area is 82.9 Å². The first-order chi connectivity index (χ1) is 6.95. The van der Waals surface area contributed by atoms with Crippen molar-refractivity contribution in [2.24, 2.45) is 4.99 Å². The number of benzene rings is 1. The molecule has 0 fully saturated rings. The molecule has 0 aliphatic carbocycles. The smallest absolute Gasteiger partial charge is 0.132 e. The Balaban J connectivity index is 2.11. The van der Waals surface area contributed by atoms with Crippen LogP contribution in [0.5, 0.6) is 0 Å². The van der Waals surface area contributed by atoms with Gasteiger partial charge in [-0.2, -0.15) is 0 Å². The molecule has 0 spiro atoms. The van der Waals surface area contributed by atoms with Crippen molar-refractivity contribution in [2.45, 2.75) is 0 Å². The van der Waals surface area contributed by atoms with Crippen LogP contribution < -0.4 is 10.6 Å². The zero-order valence-corrected chi connectivity index (χ0v) is 7.64. The Hall–Kier alpha value is -2.03. The van der Waals surface area contributed by atoms with Crippen LogP contribution in [0, 0.1) is 0 Å². The highest BCUT2D eigenvalue weighted by molar-refractivity contribution is 5.61. The highest BCUT2D eigenvalue weighted by atomic mass is 15.1. The monoisotopic (exact) mass is 185 g/mol. The molecule has 1 heterocycles. The van der Waals surface area contributed by atoms with Gasteiger partial charge in [-0.15, -0.1) is 0 Å². The molecule has 0 unspecified atom stereocenters. The van der Waals surface area contributed by atoms with Gasteiger partial charge in [0.25, 0.3) is 0 Å². The molecule has 0 saturated heterocycles. The second-order valence-electron chi connectivity index (χ2n) is 2.83. The van der Waals surface area contributed by atoms with E-state index in [9.17, 15) is 0 Å². The number of anilines is 1. The second kappa shape index (κ2) is 4.28. The van der Waals surface area contributed by atoms with Crippen molar-refractivity contribution >= 4 is 12.0 Å². The molecule has 0 amide bonds. The number of hydrogen-bond donors (Lipinski definition) is 2. The molecule has 1 aliphatic rings. The molecule has 70 valence electrons. The van der Waals surface area contributed by atoms with Crippen LogP contribution in [-0.4, -0.2) is 6.34 Å². The largest absolute Gasteiger partial charge is 0.353 e. The lowest BCUT2D eigenvalue weighted by Crippen LogP contribution is -2.00. The Morgan fingerprint density at radius 1 is 1.14 bits per heavy atom. The van der Waals surface area contributed by atoms with Crippen LogP contribution in [-0.2, 0) is 0 Å². The molecule has 0 bridgehead atoms. The van der Waals surface area contributed by atoms with Gasteiger partial charge in [0.1, 0.15) is 5.82 Å². The lowest BCUT2D eigenvalue weighted by Gasteiger charge is -2.04. The summed E-state index contributed by atoms with van der Waals surface area (Å²) in [4.78, 5) is 4.17. The normalized spacial score (nSPS) is 14.1. The van der Waals surface area contributed by atoms with Crippen LogP contribution >= 0.6 is 0 Å². The molecule has 1 aromatic rings. The minimum Gasteiger partial charge on any atom is -0.353 e. The fraction of sp³-hybridized carbons (Fsp3) is 0. The molecule has 0 radical (unpaired) electrons. The van der Waals surface area contributed by atoms with Crippen molar-refractivity contribution in [3.63, 3.8) is 0 Å². The van der Waals surface area contributed by atoms with E-state index < -0.39 is 0 Å². The quantitative estimate of drug-likeness (QED) is 0.740. The average Bonchev–Trinajstić information content (AvgIpc) is 2.48. The van der Waals surface area contributed by atoms with E-state index in [0.717, 1.165) is 11.5 Å². The Morgan fingerprint density at radius 2 is 2.00 bits per heavy atom. The van der Waals surface area contributed by atoms with Crippen molar-refractivity contribution in [2.75, 3.05) is 5.32 Å². The third-order valence-electron chi connectivity index (χ3n) is 1.77. The summed E-state index contributed by atoms with van der Waals surface area (Å²) in [5, 5.41) is 6.09. The van der Waals surface area contributed by atoms with Crippen LogP contribution in [0.15, 0.2) is 59.5 Å². The lowest BCUT2D eigenvalue weighted by atomic mass is 10.3. The minimum atomic E-state index is 0.817. The van der Waals surface area contributed by atoms with Crippen molar-refractivity contribution in [3.8, 4) is 0 Å². The third kappa shape index (κ3) is 2.23. The van der Waals surface area contributed by atoms with E-state index in [2.05, 4.69) is 15.6 Å². The Bertz CT molecular complexity index is 377. The summed E-state index contributed by atoms with van der Waals surface area (Å²) in [6.07, 6.45) is 7.27. The van der Waals surface area contributed by atoms with Gasteiger partial charge >= 0.3 is 0 Å². The zero-order chi connectivity index (χ0) is 9.64. The SMILES string of the molecule is C1=CNC=NC(Nc2ccccc2)=C1. The number of nitrogens with zero attached hydrogens (tertiary/aromatic N) is 1. The molecule has 1 aliphatic heterocycles. The van der Waals surface area contributed by atoms with Crippen molar-refractivity contribution in [1.29, 1.82) is 0 Å². The van der Waals surface area contributed by atoms with Gasteiger partial charge in [0.15, 0.2) is 0 Å². The fourth-order valence-electron chi connectivity index (χ4n) is 1.13. The molecule has 2 rings (SSSR count). The van der Waals surface area contributed by atoms with E-state index in [1.54, 1.807) is 6.34 Å². The molecule has 0 saturated carbocycles. The summed E-state index contributed by atoms with van der Waals surface area (Å²) < 4.78 is 0. The summed E-state index contributed by atoms with van der Waals surface area (Å²) in [6, 6.07) is 9.95. The number of hydrogen-bond acceptors (Lipinski definition) is 3. The summed E-state index contributed by atoms with van der Waals surface area (Å²) >= 11 is 0. The molecule has 3 heteroatoms. The van der Waals surface area contributed by atoms with Gasteiger partial charge < -0.3 is 10.6 Å². The second-order valence-corrected chi connectivity index (χ2v) is 2.83. The molecular weight excluding hydrogens is 174 g/mol. The fourth-order valence-corrected chi connectivity index (χ4v) is 1.13. The van der Waals surface area contributed by atoms with Crippen molar-refractivity contribution in [3.05, 3.63) is 54.5 Å². The van der Waals surface area contributed by atoms with Gasteiger partial charge in [-0.3, -0.25) is 0 Å². The molecule has 14 heavy (non-hydrogen) atoms. The summed E-state index contributed by atoms with van der Waals surface area (Å²) in [6.45, 7) is 0. The molecule has 1 aromatic carbocycles. The van der Waals surface area contributed by atoms with Crippen LogP contribution in [0.3, 0.4) is 0 Å². The predicted octanol–water partition coefficient (Wildman–Crippen LogP) is 2.09. The lowest BCUT2D eigenvalue weighted by molar-refractivity contribution is 1.27. The highest BCUT2D eigenvalue weighted by Gasteiger charge is 1.94. The molecule has 0 aromatic heterocycles. The van der Waals surface area contributed by atoms with Crippen LogP contribution in [0.2, 0.25) is 0 Å². The van der Waals surface area contributed by atoms with E-state index in [-0.39, 0.29) is 0 Å². The molecule has 3 nitrogen and oxygen atoms in total. The molecule has 0 atom stereocenters. The average molecular weight is 185 g/mol. The Morgan fingerprint density at radius 3 is 2.86 bits per heavy atom. The topological polar surface area (TPSA) is 36.4 Å². The molecular formula is C11H11N3. The number of aliphatic imine (C=N–C) groups is 1. The van der Waals surface area contributed by atoms with E-state index >= 15 is 0 Å². The van der Waals surface area contributed by atoms with Gasteiger partial charge in [-0.05, 0) is 24.3 Å². The van der Waals surface area contributed by atoms with Gasteiger partial charge in [0.2, 0.25) is 0 Å². The van der Waals surface area contributed by atoms with Gasteiger partial charge in [0, 0.05) is 11.9 Å². The van der Waals surface area contributed by atoms with Crippen LogP contribution in [0.25, 0.3) is 0 Å². The number of rotatable bonds is 2. The summed E-state index contributed by atoms with van der Waals surface area (Å²) in [5.74, 6) is 0.817. The maximum atomic E-state index is 4.17. The first-order valence-electron chi connectivity index (χ1n) is 4.43. The summed E-state index contributed by atoms with van der Waals surface area (Å²) in [5.41, 5.74) is 1.03. The summed E-state index contributed by atoms with van der Waals surface area (Å²) in [7, 11) is 0. The van der Waals surface area contributed by atoms with Crippen molar-refractivity contribution < 1.29 is 0 Å². The van der Waals surface area contributed by atoms with E-state index in [1.165, 1.54) is 0 Å². The third-order valence-corrected chi connectivity index (χ3v) is 1.77. The first-order valence-corrected chi connectivity index (χ1v) is 4.43. The maximum Gasteiger partial charge on any atom is 0.132 e.